The summed E-state index contributed by atoms with van der Waals surface area (Å²) in [5, 5.41) is 3.19. The lowest BCUT2D eigenvalue weighted by Gasteiger charge is -2.18. The van der Waals surface area contributed by atoms with Gasteiger partial charge in [-0.15, -0.1) is 0 Å². The Morgan fingerprint density at radius 1 is 1.33 bits per heavy atom. The number of nitrogens with zero attached hydrogens (tertiary/aromatic N) is 1. The van der Waals surface area contributed by atoms with E-state index in [0.29, 0.717) is 0 Å². The SMILES string of the molecule is CNCCCN1CCCSCC1. The Labute approximate surface area is 80.1 Å². The Kier molecular flexibility index (Phi) is 5.82. The standard InChI is InChI=1S/C9H20N2S/c1-10-4-2-5-11-6-3-8-12-9-7-11/h10H,2-9H2,1H3. The highest BCUT2D eigenvalue weighted by molar-refractivity contribution is 7.99. The third-order valence-electron chi connectivity index (χ3n) is 2.22. The second-order valence-corrected chi connectivity index (χ2v) is 4.49. The number of hydrogen-bond donors (Lipinski definition) is 1. The van der Waals surface area contributed by atoms with Crippen LogP contribution >= 0.6 is 11.8 Å². The van der Waals surface area contributed by atoms with Gasteiger partial charge in [-0.05, 0) is 45.3 Å². The predicted molar refractivity (Wildman–Crippen MR) is 56.9 cm³/mol. The molecule has 1 aliphatic rings. The van der Waals surface area contributed by atoms with Crippen LogP contribution in [0.3, 0.4) is 0 Å². The van der Waals surface area contributed by atoms with Crippen molar-refractivity contribution in [2.75, 3.05) is 44.7 Å². The van der Waals surface area contributed by atoms with Crippen LogP contribution in [-0.2, 0) is 0 Å². The second-order valence-electron chi connectivity index (χ2n) is 3.26. The lowest BCUT2D eigenvalue weighted by atomic mass is 10.3. The summed E-state index contributed by atoms with van der Waals surface area (Å²) in [4.78, 5) is 2.59. The average Bonchev–Trinajstić information content (AvgIpc) is 2.33. The molecule has 0 bridgehead atoms. The highest BCUT2D eigenvalue weighted by atomic mass is 32.2. The van der Waals surface area contributed by atoms with Crippen molar-refractivity contribution in [3.8, 4) is 0 Å². The van der Waals surface area contributed by atoms with Crippen molar-refractivity contribution >= 4 is 11.8 Å². The van der Waals surface area contributed by atoms with Gasteiger partial charge in [0.05, 0.1) is 0 Å². The molecule has 0 spiro atoms. The molecule has 0 aromatic rings. The van der Waals surface area contributed by atoms with Crippen LogP contribution in [0.1, 0.15) is 12.8 Å². The van der Waals surface area contributed by atoms with Gasteiger partial charge in [0, 0.05) is 12.3 Å². The maximum absolute atomic E-state index is 3.19. The summed E-state index contributed by atoms with van der Waals surface area (Å²) < 4.78 is 0. The van der Waals surface area contributed by atoms with E-state index in [1.807, 2.05) is 7.05 Å². The Hall–Kier alpha value is 0.270. The summed E-state index contributed by atoms with van der Waals surface area (Å²) in [5.41, 5.74) is 0. The minimum Gasteiger partial charge on any atom is -0.320 e. The Bertz CT molecular complexity index is 101. The molecular weight excluding hydrogens is 168 g/mol. The van der Waals surface area contributed by atoms with Gasteiger partial charge >= 0.3 is 0 Å². The first-order valence-electron chi connectivity index (χ1n) is 4.88. The van der Waals surface area contributed by atoms with Crippen LogP contribution in [0.5, 0.6) is 0 Å². The van der Waals surface area contributed by atoms with E-state index in [2.05, 4.69) is 22.0 Å². The average molecular weight is 188 g/mol. The highest BCUT2D eigenvalue weighted by Gasteiger charge is 2.07. The van der Waals surface area contributed by atoms with Crippen molar-refractivity contribution in [3.05, 3.63) is 0 Å². The van der Waals surface area contributed by atoms with E-state index >= 15 is 0 Å². The normalized spacial score (nSPS) is 20.8. The molecule has 1 N–H and O–H groups in total. The van der Waals surface area contributed by atoms with E-state index in [-0.39, 0.29) is 0 Å². The summed E-state index contributed by atoms with van der Waals surface area (Å²) in [6, 6.07) is 0. The molecule has 0 aromatic carbocycles. The van der Waals surface area contributed by atoms with E-state index in [9.17, 15) is 0 Å². The lowest BCUT2D eigenvalue weighted by molar-refractivity contribution is 0.291. The summed E-state index contributed by atoms with van der Waals surface area (Å²) in [6.07, 6.45) is 2.67. The molecule has 0 amide bonds. The monoisotopic (exact) mass is 188 g/mol. The van der Waals surface area contributed by atoms with E-state index in [1.54, 1.807) is 0 Å². The summed E-state index contributed by atoms with van der Waals surface area (Å²) in [7, 11) is 2.03. The van der Waals surface area contributed by atoms with E-state index in [1.165, 1.54) is 44.0 Å². The maximum atomic E-state index is 3.19. The fourth-order valence-corrected chi connectivity index (χ4v) is 2.43. The largest absolute Gasteiger partial charge is 0.320 e. The molecule has 0 saturated carbocycles. The van der Waals surface area contributed by atoms with Gasteiger partial charge in [-0.25, -0.2) is 0 Å². The molecule has 72 valence electrons. The van der Waals surface area contributed by atoms with E-state index in [0.717, 1.165) is 6.54 Å². The lowest BCUT2D eigenvalue weighted by Crippen LogP contribution is -2.28. The van der Waals surface area contributed by atoms with Crippen molar-refractivity contribution in [1.82, 2.24) is 10.2 Å². The molecule has 2 nitrogen and oxygen atoms in total. The Morgan fingerprint density at radius 2 is 2.25 bits per heavy atom. The number of rotatable bonds is 4. The van der Waals surface area contributed by atoms with Gasteiger partial charge in [-0.3, -0.25) is 0 Å². The van der Waals surface area contributed by atoms with Crippen LogP contribution in [-0.4, -0.2) is 49.6 Å². The van der Waals surface area contributed by atoms with Crippen molar-refractivity contribution in [1.29, 1.82) is 0 Å². The molecule has 1 aliphatic heterocycles. The molecule has 1 saturated heterocycles. The van der Waals surface area contributed by atoms with Crippen molar-refractivity contribution in [3.63, 3.8) is 0 Å². The molecule has 3 heteroatoms. The second kappa shape index (κ2) is 6.75. The fourth-order valence-electron chi connectivity index (χ4n) is 1.50. The smallest absolute Gasteiger partial charge is 0.00724 e. The first-order valence-corrected chi connectivity index (χ1v) is 6.03. The zero-order chi connectivity index (χ0) is 8.65. The zero-order valence-electron chi connectivity index (χ0n) is 8.01. The number of nitrogens with one attached hydrogen (secondary N) is 1. The number of hydrogen-bond acceptors (Lipinski definition) is 3. The molecule has 0 unspecified atom stereocenters. The van der Waals surface area contributed by atoms with Crippen molar-refractivity contribution in [2.24, 2.45) is 0 Å². The van der Waals surface area contributed by atoms with Gasteiger partial charge in [0.25, 0.3) is 0 Å². The van der Waals surface area contributed by atoms with E-state index < -0.39 is 0 Å². The molecule has 0 aromatic heterocycles. The van der Waals surface area contributed by atoms with Gasteiger partial charge in [-0.1, -0.05) is 0 Å². The van der Waals surface area contributed by atoms with Crippen LogP contribution in [0.25, 0.3) is 0 Å². The zero-order valence-corrected chi connectivity index (χ0v) is 8.83. The molecule has 12 heavy (non-hydrogen) atoms. The van der Waals surface area contributed by atoms with Gasteiger partial charge in [-0.2, -0.15) is 11.8 Å². The summed E-state index contributed by atoms with van der Waals surface area (Å²) in [6.45, 7) is 5.05. The molecule has 1 fully saturated rings. The minimum absolute atomic E-state index is 1.16. The Morgan fingerprint density at radius 3 is 3.08 bits per heavy atom. The minimum atomic E-state index is 1.16. The number of thioether (sulfide) groups is 1. The maximum Gasteiger partial charge on any atom is 0.00724 e. The highest BCUT2D eigenvalue weighted by Crippen LogP contribution is 2.09. The molecular formula is C9H20N2S. The molecule has 1 rings (SSSR count). The molecule has 1 heterocycles. The molecule has 0 aliphatic carbocycles. The van der Waals surface area contributed by atoms with Gasteiger partial charge in [0.15, 0.2) is 0 Å². The molecule has 0 atom stereocenters. The van der Waals surface area contributed by atoms with Gasteiger partial charge in [0.2, 0.25) is 0 Å². The topological polar surface area (TPSA) is 15.3 Å². The summed E-state index contributed by atoms with van der Waals surface area (Å²) in [5.74, 6) is 2.70. The van der Waals surface area contributed by atoms with Crippen molar-refractivity contribution < 1.29 is 0 Å². The van der Waals surface area contributed by atoms with Crippen LogP contribution in [0, 0.1) is 0 Å². The van der Waals surface area contributed by atoms with E-state index in [4.69, 9.17) is 0 Å². The first-order chi connectivity index (χ1) is 5.93. The van der Waals surface area contributed by atoms with Crippen LogP contribution in [0.4, 0.5) is 0 Å². The molecule has 0 radical (unpaired) electrons. The Balaban J connectivity index is 2.04. The van der Waals surface area contributed by atoms with Crippen LogP contribution in [0.15, 0.2) is 0 Å². The predicted octanol–water partition coefficient (Wildman–Crippen LogP) is 1.03. The third kappa shape index (κ3) is 4.33. The summed E-state index contributed by atoms with van der Waals surface area (Å²) >= 11 is 2.10. The first kappa shape index (κ1) is 10.4. The van der Waals surface area contributed by atoms with Gasteiger partial charge in [0.1, 0.15) is 0 Å². The van der Waals surface area contributed by atoms with Gasteiger partial charge < -0.3 is 10.2 Å². The van der Waals surface area contributed by atoms with Crippen LogP contribution < -0.4 is 5.32 Å². The third-order valence-corrected chi connectivity index (χ3v) is 3.26. The fraction of sp³-hybridized carbons (Fsp3) is 1.00. The van der Waals surface area contributed by atoms with Crippen LogP contribution in [0.2, 0.25) is 0 Å². The van der Waals surface area contributed by atoms with Crippen molar-refractivity contribution in [2.45, 2.75) is 12.8 Å². The quantitative estimate of drug-likeness (QED) is 0.664.